The van der Waals surface area contributed by atoms with Gasteiger partial charge < -0.3 is 9.84 Å². The smallest absolute Gasteiger partial charge is 0.249 e. The van der Waals surface area contributed by atoms with Crippen LogP contribution in [0, 0.1) is 5.92 Å². The van der Waals surface area contributed by atoms with Crippen molar-refractivity contribution in [3.05, 3.63) is 35.2 Å². The average Bonchev–Trinajstić information content (AvgIpc) is 3.20. The highest BCUT2D eigenvalue weighted by Gasteiger charge is 2.25. The molecule has 0 saturated heterocycles. The van der Waals surface area contributed by atoms with Crippen molar-refractivity contribution in [1.82, 2.24) is 15.5 Å². The number of carbonyl (C=O) groups excluding carboxylic acids is 1. The summed E-state index contributed by atoms with van der Waals surface area (Å²) in [5.74, 6) is 1.11. The van der Waals surface area contributed by atoms with Crippen LogP contribution in [0.25, 0.3) is 11.4 Å². The van der Waals surface area contributed by atoms with E-state index in [9.17, 15) is 4.79 Å². The van der Waals surface area contributed by atoms with Crippen LogP contribution in [0.5, 0.6) is 0 Å². The number of nitrogens with zero attached hydrogens (tertiary/aromatic N) is 2. The lowest BCUT2D eigenvalue weighted by molar-refractivity contribution is -0.125. The fraction of sp³-hybridized carbons (Fsp3) is 0.438. The molecule has 2 aromatic rings. The van der Waals surface area contributed by atoms with Gasteiger partial charge in [0.2, 0.25) is 17.6 Å². The molecule has 1 amide bonds. The lowest BCUT2D eigenvalue weighted by Gasteiger charge is -2.13. The molecule has 1 aliphatic carbocycles. The first-order valence-corrected chi connectivity index (χ1v) is 7.91. The maximum absolute atomic E-state index is 12.1. The Morgan fingerprint density at radius 2 is 2.00 bits per heavy atom. The Bertz CT molecular complexity index is 648. The zero-order valence-corrected chi connectivity index (χ0v) is 13.1. The van der Waals surface area contributed by atoms with Gasteiger partial charge in [0.1, 0.15) is 6.04 Å². The maximum Gasteiger partial charge on any atom is 0.249 e. The molecule has 1 fully saturated rings. The summed E-state index contributed by atoms with van der Waals surface area (Å²) < 4.78 is 5.27. The third-order valence-corrected chi connectivity index (χ3v) is 4.25. The van der Waals surface area contributed by atoms with Crippen molar-refractivity contribution in [2.24, 2.45) is 5.92 Å². The number of hydrogen-bond acceptors (Lipinski definition) is 4. The predicted octanol–water partition coefficient (Wildman–Crippen LogP) is 3.76. The molecule has 1 unspecified atom stereocenters. The molecular formula is C16H18ClN3O2. The lowest BCUT2D eigenvalue weighted by Crippen LogP contribution is -2.31. The summed E-state index contributed by atoms with van der Waals surface area (Å²) in [5, 5.41) is 7.57. The minimum atomic E-state index is -0.290. The summed E-state index contributed by atoms with van der Waals surface area (Å²) in [5.41, 5.74) is 0.828. The molecular weight excluding hydrogens is 302 g/mol. The SMILES string of the molecule is CC(NC(=O)C1CCCC1)c1nc(-c2ccc(Cl)cc2)no1. The molecule has 3 rings (SSSR count). The Labute approximate surface area is 134 Å². The van der Waals surface area contributed by atoms with E-state index in [1.165, 1.54) is 0 Å². The van der Waals surface area contributed by atoms with Gasteiger partial charge in [-0.3, -0.25) is 4.79 Å². The van der Waals surface area contributed by atoms with Crippen LogP contribution >= 0.6 is 11.6 Å². The molecule has 1 N–H and O–H groups in total. The molecule has 116 valence electrons. The van der Waals surface area contributed by atoms with Gasteiger partial charge in [0.25, 0.3) is 0 Å². The van der Waals surface area contributed by atoms with Crippen molar-refractivity contribution in [1.29, 1.82) is 0 Å². The van der Waals surface area contributed by atoms with Gasteiger partial charge in [-0.05, 0) is 44.0 Å². The minimum absolute atomic E-state index is 0.0799. The Hall–Kier alpha value is -1.88. The van der Waals surface area contributed by atoms with Crippen molar-refractivity contribution in [2.45, 2.75) is 38.6 Å². The van der Waals surface area contributed by atoms with E-state index in [2.05, 4.69) is 15.5 Å². The molecule has 6 heteroatoms. The van der Waals surface area contributed by atoms with Crippen molar-refractivity contribution < 1.29 is 9.32 Å². The summed E-state index contributed by atoms with van der Waals surface area (Å²) in [7, 11) is 0. The number of halogens is 1. The number of carbonyl (C=O) groups is 1. The molecule has 1 heterocycles. The molecule has 0 spiro atoms. The minimum Gasteiger partial charge on any atom is -0.344 e. The third-order valence-electron chi connectivity index (χ3n) is 4.00. The van der Waals surface area contributed by atoms with E-state index in [1.54, 1.807) is 12.1 Å². The van der Waals surface area contributed by atoms with Gasteiger partial charge in [-0.25, -0.2) is 0 Å². The number of rotatable bonds is 4. The van der Waals surface area contributed by atoms with E-state index in [1.807, 2.05) is 19.1 Å². The average molecular weight is 320 g/mol. The van der Waals surface area contributed by atoms with E-state index in [4.69, 9.17) is 16.1 Å². The summed E-state index contributed by atoms with van der Waals surface area (Å²) >= 11 is 5.86. The largest absolute Gasteiger partial charge is 0.344 e. The maximum atomic E-state index is 12.1. The van der Waals surface area contributed by atoms with Crippen molar-refractivity contribution in [2.75, 3.05) is 0 Å². The predicted molar refractivity (Wildman–Crippen MR) is 83.3 cm³/mol. The number of aromatic nitrogens is 2. The number of benzene rings is 1. The van der Waals surface area contributed by atoms with Crippen LogP contribution in [-0.2, 0) is 4.79 Å². The summed E-state index contributed by atoms with van der Waals surface area (Å²) in [6.45, 7) is 1.85. The second-order valence-corrected chi connectivity index (χ2v) is 6.11. The second kappa shape index (κ2) is 6.48. The zero-order chi connectivity index (χ0) is 15.5. The van der Waals surface area contributed by atoms with E-state index in [0.717, 1.165) is 31.2 Å². The third kappa shape index (κ3) is 3.30. The highest BCUT2D eigenvalue weighted by molar-refractivity contribution is 6.30. The van der Waals surface area contributed by atoms with Gasteiger partial charge in [-0.15, -0.1) is 0 Å². The highest BCUT2D eigenvalue weighted by atomic mass is 35.5. The topological polar surface area (TPSA) is 68.0 Å². The van der Waals surface area contributed by atoms with E-state index in [-0.39, 0.29) is 17.9 Å². The lowest BCUT2D eigenvalue weighted by atomic mass is 10.1. The molecule has 1 aromatic heterocycles. The standard InChI is InChI=1S/C16H18ClN3O2/c1-10(18-15(21)12-4-2-3-5-12)16-19-14(20-22-16)11-6-8-13(17)9-7-11/h6-10,12H,2-5H2,1H3,(H,18,21). The first-order valence-electron chi connectivity index (χ1n) is 7.53. The second-order valence-electron chi connectivity index (χ2n) is 5.67. The molecule has 0 aliphatic heterocycles. The van der Waals surface area contributed by atoms with Crippen LogP contribution in [0.15, 0.2) is 28.8 Å². The number of hydrogen-bond donors (Lipinski definition) is 1. The normalized spacial score (nSPS) is 16.6. The van der Waals surface area contributed by atoms with Crippen molar-refractivity contribution in [3.63, 3.8) is 0 Å². The van der Waals surface area contributed by atoms with Crippen LogP contribution in [0.3, 0.4) is 0 Å². The molecule has 0 radical (unpaired) electrons. The Morgan fingerprint density at radius 1 is 1.32 bits per heavy atom. The molecule has 1 atom stereocenters. The van der Waals surface area contributed by atoms with Gasteiger partial charge >= 0.3 is 0 Å². The van der Waals surface area contributed by atoms with E-state index >= 15 is 0 Å². The van der Waals surface area contributed by atoms with Crippen LogP contribution in [-0.4, -0.2) is 16.0 Å². The Morgan fingerprint density at radius 3 is 2.68 bits per heavy atom. The van der Waals surface area contributed by atoms with E-state index in [0.29, 0.717) is 16.7 Å². The van der Waals surface area contributed by atoms with Gasteiger partial charge in [0.15, 0.2) is 0 Å². The molecule has 0 bridgehead atoms. The summed E-state index contributed by atoms with van der Waals surface area (Å²) in [6.07, 6.45) is 4.21. The quantitative estimate of drug-likeness (QED) is 0.931. The van der Waals surface area contributed by atoms with Crippen LogP contribution in [0.1, 0.15) is 44.5 Å². The first kappa shape index (κ1) is 15.0. The first-order chi connectivity index (χ1) is 10.6. The molecule has 1 saturated carbocycles. The van der Waals surface area contributed by atoms with Crippen molar-refractivity contribution >= 4 is 17.5 Å². The monoisotopic (exact) mass is 319 g/mol. The van der Waals surface area contributed by atoms with Crippen molar-refractivity contribution in [3.8, 4) is 11.4 Å². The fourth-order valence-corrected chi connectivity index (χ4v) is 2.83. The van der Waals surface area contributed by atoms with Gasteiger partial charge in [-0.2, -0.15) is 4.98 Å². The summed E-state index contributed by atoms with van der Waals surface area (Å²) in [4.78, 5) is 16.5. The molecule has 5 nitrogen and oxygen atoms in total. The Kier molecular flexibility index (Phi) is 4.43. The van der Waals surface area contributed by atoms with Crippen LogP contribution in [0.2, 0.25) is 5.02 Å². The molecule has 1 aliphatic rings. The van der Waals surface area contributed by atoms with Crippen LogP contribution < -0.4 is 5.32 Å². The highest BCUT2D eigenvalue weighted by Crippen LogP contribution is 2.26. The fourth-order valence-electron chi connectivity index (χ4n) is 2.71. The zero-order valence-electron chi connectivity index (χ0n) is 12.4. The molecule has 22 heavy (non-hydrogen) atoms. The molecule has 1 aromatic carbocycles. The van der Waals surface area contributed by atoms with E-state index < -0.39 is 0 Å². The van der Waals surface area contributed by atoms with Gasteiger partial charge in [0.05, 0.1) is 0 Å². The van der Waals surface area contributed by atoms with Crippen LogP contribution in [0.4, 0.5) is 0 Å². The summed E-state index contributed by atoms with van der Waals surface area (Å²) in [6, 6.07) is 6.93. The number of nitrogens with one attached hydrogen (secondary N) is 1. The van der Waals surface area contributed by atoms with Gasteiger partial charge in [-0.1, -0.05) is 29.6 Å². The number of amides is 1. The Balaban J connectivity index is 1.67. The van der Waals surface area contributed by atoms with Gasteiger partial charge in [0, 0.05) is 16.5 Å².